The van der Waals surface area contributed by atoms with Crippen molar-refractivity contribution in [1.29, 1.82) is 0 Å². The number of anilines is 1. The molecule has 0 spiro atoms. The molecule has 3 rings (SSSR count). The monoisotopic (exact) mass is 337 g/mol. The normalized spacial score (nSPS) is 17.3. The average Bonchev–Trinajstić information content (AvgIpc) is 3.12. The molecule has 3 N–H and O–H groups in total. The lowest BCUT2D eigenvalue weighted by atomic mass is 10.3. The van der Waals surface area contributed by atoms with Crippen LogP contribution in [0.15, 0.2) is 12.3 Å². The maximum absolute atomic E-state index is 12.2. The quantitative estimate of drug-likeness (QED) is 0.783. The maximum atomic E-state index is 12.2. The second kappa shape index (κ2) is 6.24. The second-order valence-corrected chi connectivity index (χ2v) is 5.97. The largest absolute Gasteiger partial charge is 0.494 e. The number of hydrogen-bond acceptors (Lipinski definition) is 6. The number of carbonyl (C=O) groups is 2. The van der Waals surface area contributed by atoms with Crippen molar-refractivity contribution in [1.82, 2.24) is 20.2 Å². The van der Waals surface area contributed by atoms with Crippen molar-refractivity contribution in [2.45, 2.75) is 12.5 Å². The minimum atomic E-state index is -1.08. The van der Waals surface area contributed by atoms with Crippen LogP contribution < -0.4 is 15.4 Å². The van der Waals surface area contributed by atoms with Gasteiger partial charge in [0, 0.05) is 25.4 Å². The van der Waals surface area contributed by atoms with E-state index in [2.05, 4.69) is 20.6 Å². The Morgan fingerprint density at radius 3 is 3.09 bits per heavy atom. The molecular formula is C13H15N5O4S. The molecule has 0 aromatic carbocycles. The lowest BCUT2D eigenvalue weighted by molar-refractivity contribution is 0.189. The first-order chi connectivity index (χ1) is 11.1. The number of urea groups is 1. The molecule has 9 nitrogen and oxygen atoms in total. The van der Waals surface area contributed by atoms with Gasteiger partial charge in [-0.2, -0.15) is 0 Å². The number of aromatic nitrogens is 2. The third kappa shape index (κ3) is 3.26. The number of rotatable bonds is 3. The number of nitrogens with zero attached hydrogens (tertiary/aromatic N) is 3. The van der Waals surface area contributed by atoms with Gasteiger partial charge in [-0.1, -0.05) is 11.3 Å². The first-order valence-corrected chi connectivity index (χ1v) is 7.73. The van der Waals surface area contributed by atoms with Gasteiger partial charge in [-0.05, 0) is 6.42 Å². The summed E-state index contributed by atoms with van der Waals surface area (Å²) in [5, 5.41) is 14.2. The van der Waals surface area contributed by atoms with Gasteiger partial charge in [0.05, 0.1) is 13.2 Å². The lowest BCUT2D eigenvalue weighted by Gasteiger charge is -2.16. The number of thiazole rings is 1. The first-order valence-electron chi connectivity index (χ1n) is 6.91. The summed E-state index contributed by atoms with van der Waals surface area (Å²) in [5.74, 6) is 0.596. The smallest absolute Gasteiger partial charge is 0.404 e. The summed E-state index contributed by atoms with van der Waals surface area (Å²) in [7, 11) is 1.55. The molecule has 3 heterocycles. The van der Waals surface area contributed by atoms with Gasteiger partial charge in [0.2, 0.25) is 0 Å². The molecule has 2 aromatic heterocycles. The van der Waals surface area contributed by atoms with Gasteiger partial charge in [0.15, 0.2) is 5.13 Å². The number of pyridine rings is 1. The highest BCUT2D eigenvalue weighted by Gasteiger charge is 2.27. The van der Waals surface area contributed by atoms with Crippen LogP contribution in [0, 0.1) is 0 Å². The molecule has 1 aliphatic heterocycles. The number of carbonyl (C=O) groups excluding carboxylic acids is 1. The lowest BCUT2D eigenvalue weighted by Crippen LogP contribution is -2.39. The Morgan fingerprint density at radius 1 is 1.52 bits per heavy atom. The summed E-state index contributed by atoms with van der Waals surface area (Å²) in [4.78, 5) is 33.6. The van der Waals surface area contributed by atoms with Gasteiger partial charge in [0.25, 0.3) is 0 Å². The Kier molecular flexibility index (Phi) is 4.15. The van der Waals surface area contributed by atoms with E-state index in [1.165, 1.54) is 11.3 Å². The van der Waals surface area contributed by atoms with Gasteiger partial charge in [0.1, 0.15) is 16.1 Å². The van der Waals surface area contributed by atoms with Gasteiger partial charge >= 0.3 is 12.1 Å². The number of hydrogen-bond donors (Lipinski definition) is 3. The Morgan fingerprint density at radius 2 is 2.35 bits per heavy atom. The van der Waals surface area contributed by atoms with Crippen molar-refractivity contribution >= 4 is 38.9 Å². The third-order valence-corrected chi connectivity index (χ3v) is 4.38. The fraction of sp³-hybridized carbons (Fsp3) is 0.385. The molecule has 1 aliphatic rings. The van der Waals surface area contributed by atoms with E-state index in [0.29, 0.717) is 40.7 Å². The summed E-state index contributed by atoms with van der Waals surface area (Å²) in [6, 6.07) is 1.16. The van der Waals surface area contributed by atoms with Gasteiger partial charge in [-0.3, -0.25) is 5.32 Å². The Balaban J connectivity index is 1.68. The summed E-state index contributed by atoms with van der Waals surface area (Å²) < 4.78 is 5.21. The van der Waals surface area contributed by atoms with Crippen molar-refractivity contribution in [2.75, 3.05) is 25.5 Å². The van der Waals surface area contributed by atoms with Crippen LogP contribution in [0.25, 0.3) is 10.3 Å². The molecule has 122 valence electrons. The standard InChI is InChI=1S/C13H15N5O4S/c1-22-8-2-4-14-10-9(8)16-11(23-10)17-12(19)18-5-3-7(6-18)15-13(20)21/h2,4,7,15H,3,5-6H2,1H3,(H,20,21)(H,16,17,19). The van der Waals surface area contributed by atoms with Crippen molar-refractivity contribution in [3.8, 4) is 5.75 Å². The Hall–Kier alpha value is -2.62. The van der Waals surface area contributed by atoms with Crippen molar-refractivity contribution in [2.24, 2.45) is 0 Å². The molecule has 1 unspecified atom stereocenters. The van der Waals surface area contributed by atoms with Crippen LogP contribution in [0.3, 0.4) is 0 Å². The molecule has 1 saturated heterocycles. The van der Waals surface area contributed by atoms with E-state index in [1.807, 2.05) is 0 Å². The van der Waals surface area contributed by atoms with Crippen LogP contribution in [0.1, 0.15) is 6.42 Å². The highest BCUT2D eigenvalue weighted by atomic mass is 32.1. The molecule has 0 saturated carbocycles. The number of carboxylic acid groups (broad SMARTS) is 1. The van der Waals surface area contributed by atoms with Crippen LogP contribution in [-0.4, -0.2) is 58.3 Å². The van der Waals surface area contributed by atoms with E-state index in [0.717, 1.165) is 0 Å². The summed E-state index contributed by atoms with van der Waals surface area (Å²) in [6.07, 6.45) is 1.13. The summed E-state index contributed by atoms with van der Waals surface area (Å²) in [6.45, 7) is 0.827. The van der Waals surface area contributed by atoms with E-state index in [9.17, 15) is 9.59 Å². The summed E-state index contributed by atoms with van der Waals surface area (Å²) >= 11 is 1.25. The molecule has 1 fully saturated rings. The van der Waals surface area contributed by atoms with E-state index in [-0.39, 0.29) is 12.1 Å². The SMILES string of the molecule is COc1ccnc2sc(NC(=O)N3CCC(NC(=O)O)C3)nc12. The van der Waals surface area contributed by atoms with E-state index >= 15 is 0 Å². The number of methoxy groups -OCH3 is 1. The minimum absolute atomic E-state index is 0.240. The minimum Gasteiger partial charge on any atom is -0.494 e. The topological polar surface area (TPSA) is 117 Å². The van der Waals surface area contributed by atoms with Crippen LogP contribution in [0.2, 0.25) is 0 Å². The number of amides is 3. The van der Waals surface area contributed by atoms with E-state index < -0.39 is 6.09 Å². The fourth-order valence-electron chi connectivity index (χ4n) is 2.44. The number of likely N-dealkylation sites (tertiary alicyclic amines) is 1. The van der Waals surface area contributed by atoms with Crippen LogP contribution in [-0.2, 0) is 0 Å². The molecule has 2 aromatic rings. The molecule has 0 aliphatic carbocycles. The van der Waals surface area contributed by atoms with Crippen molar-refractivity contribution in [3.05, 3.63) is 12.3 Å². The van der Waals surface area contributed by atoms with Crippen LogP contribution >= 0.6 is 11.3 Å². The first kappa shape index (κ1) is 15.3. The van der Waals surface area contributed by atoms with Gasteiger partial charge in [-0.15, -0.1) is 0 Å². The molecule has 0 radical (unpaired) electrons. The number of fused-ring (bicyclic) bond motifs is 1. The maximum Gasteiger partial charge on any atom is 0.404 e. The molecule has 3 amide bonds. The zero-order valence-electron chi connectivity index (χ0n) is 12.3. The van der Waals surface area contributed by atoms with E-state index in [1.54, 1.807) is 24.3 Å². The predicted molar refractivity (Wildman–Crippen MR) is 84.1 cm³/mol. The molecule has 23 heavy (non-hydrogen) atoms. The highest BCUT2D eigenvalue weighted by molar-refractivity contribution is 7.22. The Labute approximate surface area is 135 Å². The van der Waals surface area contributed by atoms with Gasteiger partial charge in [-0.25, -0.2) is 19.6 Å². The van der Waals surface area contributed by atoms with Crippen LogP contribution in [0.5, 0.6) is 5.75 Å². The predicted octanol–water partition coefficient (Wildman–Crippen LogP) is 1.57. The zero-order chi connectivity index (χ0) is 16.4. The Bertz CT molecular complexity index is 749. The van der Waals surface area contributed by atoms with Crippen molar-refractivity contribution < 1.29 is 19.4 Å². The van der Waals surface area contributed by atoms with E-state index in [4.69, 9.17) is 9.84 Å². The molecule has 10 heteroatoms. The average molecular weight is 337 g/mol. The molecule has 0 bridgehead atoms. The fourth-order valence-corrected chi connectivity index (χ4v) is 3.25. The number of nitrogens with one attached hydrogen (secondary N) is 2. The summed E-state index contributed by atoms with van der Waals surface area (Å²) in [5.41, 5.74) is 0.599. The number of ether oxygens (including phenoxy) is 1. The molecule has 1 atom stereocenters. The van der Waals surface area contributed by atoms with Gasteiger partial charge < -0.3 is 20.1 Å². The van der Waals surface area contributed by atoms with Crippen LogP contribution in [0.4, 0.5) is 14.7 Å². The molecular weight excluding hydrogens is 322 g/mol. The zero-order valence-corrected chi connectivity index (χ0v) is 13.1. The van der Waals surface area contributed by atoms with Crippen molar-refractivity contribution in [3.63, 3.8) is 0 Å². The highest BCUT2D eigenvalue weighted by Crippen LogP contribution is 2.30. The second-order valence-electron chi connectivity index (χ2n) is 5.00. The third-order valence-electron chi connectivity index (χ3n) is 3.50.